The number of ether oxygens (including phenoxy) is 1. The summed E-state index contributed by atoms with van der Waals surface area (Å²) >= 11 is 6.09. The molecule has 0 aliphatic heterocycles. The minimum absolute atomic E-state index is 0.173. The summed E-state index contributed by atoms with van der Waals surface area (Å²) in [6, 6.07) is 7.46. The fourth-order valence-corrected chi connectivity index (χ4v) is 1.66. The average molecular weight is 253 g/mol. The Bertz CT molecular complexity index is 412. The number of nitrogens with zero attached hydrogens (tertiary/aromatic N) is 1. The van der Waals surface area contributed by atoms with Crippen molar-refractivity contribution in [3.8, 4) is 6.07 Å². The van der Waals surface area contributed by atoms with E-state index in [-0.39, 0.29) is 6.04 Å². The topological polar surface area (TPSA) is 45.0 Å². The van der Waals surface area contributed by atoms with E-state index in [0.29, 0.717) is 23.1 Å². The molecule has 1 aromatic rings. The molecular formula is C13H17ClN2O. The number of hydrogen-bond donors (Lipinski definition) is 1. The third kappa shape index (κ3) is 3.92. The molecule has 1 unspecified atom stereocenters. The molecule has 0 aromatic heterocycles. The van der Waals surface area contributed by atoms with Crippen molar-refractivity contribution in [2.45, 2.75) is 19.9 Å². The maximum Gasteiger partial charge on any atom is 0.0992 e. The third-order valence-electron chi connectivity index (χ3n) is 2.59. The lowest BCUT2D eigenvalue weighted by Crippen LogP contribution is -2.30. The smallest absolute Gasteiger partial charge is 0.0992 e. The standard InChI is InChI=1S/C13H17ClN2O/c1-9(2)13(8-17-3)16-12-6-10(7-15)4-5-11(12)14/h4-6,9,13,16H,8H2,1-3H3. The van der Waals surface area contributed by atoms with Gasteiger partial charge >= 0.3 is 0 Å². The predicted octanol–water partition coefficient (Wildman–Crippen LogP) is 3.29. The Labute approximate surface area is 107 Å². The number of methoxy groups -OCH3 is 1. The Morgan fingerprint density at radius 1 is 1.47 bits per heavy atom. The van der Waals surface area contributed by atoms with Gasteiger partial charge in [0, 0.05) is 7.11 Å². The van der Waals surface area contributed by atoms with Gasteiger partial charge in [-0.05, 0) is 24.1 Å². The lowest BCUT2D eigenvalue weighted by atomic mass is 10.0. The fraction of sp³-hybridized carbons (Fsp3) is 0.462. The van der Waals surface area contributed by atoms with Crippen molar-refractivity contribution in [3.63, 3.8) is 0 Å². The number of rotatable bonds is 5. The molecule has 0 saturated heterocycles. The van der Waals surface area contributed by atoms with Crippen molar-refractivity contribution in [1.82, 2.24) is 0 Å². The zero-order valence-corrected chi connectivity index (χ0v) is 11.1. The highest BCUT2D eigenvalue weighted by Crippen LogP contribution is 2.24. The van der Waals surface area contributed by atoms with Crippen LogP contribution >= 0.6 is 11.6 Å². The number of nitriles is 1. The molecule has 0 spiro atoms. The van der Waals surface area contributed by atoms with Crippen LogP contribution in [0.4, 0.5) is 5.69 Å². The van der Waals surface area contributed by atoms with Gasteiger partial charge in [0.1, 0.15) is 0 Å². The summed E-state index contributed by atoms with van der Waals surface area (Å²) in [4.78, 5) is 0. The molecule has 1 rings (SSSR count). The van der Waals surface area contributed by atoms with Gasteiger partial charge in [0.15, 0.2) is 0 Å². The summed E-state index contributed by atoms with van der Waals surface area (Å²) in [5.41, 5.74) is 1.37. The first-order valence-electron chi connectivity index (χ1n) is 5.53. The summed E-state index contributed by atoms with van der Waals surface area (Å²) < 4.78 is 5.16. The normalized spacial score (nSPS) is 12.2. The molecule has 4 heteroatoms. The monoisotopic (exact) mass is 252 g/mol. The highest BCUT2D eigenvalue weighted by Gasteiger charge is 2.14. The second-order valence-corrected chi connectivity index (χ2v) is 4.66. The Hall–Kier alpha value is -1.24. The molecule has 3 nitrogen and oxygen atoms in total. The molecule has 0 fully saturated rings. The van der Waals surface area contributed by atoms with Gasteiger partial charge in [-0.3, -0.25) is 0 Å². The Kier molecular flexibility index (Phi) is 5.27. The summed E-state index contributed by atoms with van der Waals surface area (Å²) in [7, 11) is 1.67. The van der Waals surface area contributed by atoms with Gasteiger partial charge in [0.05, 0.1) is 35.0 Å². The zero-order chi connectivity index (χ0) is 12.8. The highest BCUT2D eigenvalue weighted by molar-refractivity contribution is 6.33. The molecule has 17 heavy (non-hydrogen) atoms. The molecule has 0 aliphatic carbocycles. The van der Waals surface area contributed by atoms with E-state index < -0.39 is 0 Å². The molecular weight excluding hydrogens is 236 g/mol. The van der Waals surface area contributed by atoms with E-state index in [2.05, 4.69) is 25.2 Å². The van der Waals surface area contributed by atoms with E-state index in [1.165, 1.54) is 0 Å². The molecule has 92 valence electrons. The van der Waals surface area contributed by atoms with Crippen molar-refractivity contribution in [1.29, 1.82) is 5.26 Å². The Morgan fingerprint density at radius 3 is 2.71 bits per heavy atom. The van der Waals surface area contributed by atoms with Crippen LogP contribution in [-0.2, 0) is 4.74 Å². The number of nitrogens with one attached hydrogen (secondary N) is 1. The second-order valence-electron chi connectivity index (χ2n) is 4.26. The van der Waals surface area contributed by atoms with Crippen LogP contribution in [0.15, 0.2) is 18.2 Å². The molecule has 1 aromatic carbocycles. The van der Waals surface area contributed by atoms with E-state index in [4.69, 9.17) is 21.6 Å². The average Bonchev–Trinajstić information content (AvgIpc) is 2.31. The summed E-state index contributed by atoms with van der Waals surface area (Å²) in [5, 5.41) is 12.8. The van der Waals surface area contributed by atoms with Crippen molar-refractivity contribution in [2.24, 2.45) is 5.92 Å². The first-order valence-corrected chi connectivity index (χ1v) is 5.91. The summed E-state index contributed by atoms with van der Waals surface area (Å²) in [6.07, 6.45) is 0. The first-order chi connectivity index (χ1) is 8.08. The van der Waals surface area contributed by atoms with Gasteiger partial charge in [-0.15, -0.1) is 0 Å². The SMILES string of the molecule is COCC(Nc1cc(C#N)ccc1Cl)C(C)C. The minimum atomic E-state index is 0.173. The minimum Gasteiger partial charge on any atom is -0.383 e. The van der Waals surface area contributed by atoms with Gasteiger partial charge in [-0.25, -0.2) is 0 Å². The molecule has 1 N–H and O–H groups in total. The van der Waals surface area contributed by atoms with Crippen molar-refractivity contribution >= 4 is 17.3 Å². The van der Waals surface area contributed by atoms with E-state index in [1.54, 1.807) is 25.3 Å². The zero-order valence-electron chi connectivity index (χ0n) is 10.3. The predicted molar refractivity (Wildman–Crippen MR) is 70.3 cm³/mol. The largest absolute Gasteiger partial charge is 0.383 e. The van der Waals surface area contributed by atoms with Crippen LogP contribution in [0.5, 0.6) is 0 Å². The van der Waals surface area contributed by atoms with E-state index >= 15 is 0 Å². The van der Waals surface area contributed by atoms with Crippen LogP contribution in [-0.4, -0.2) is 19.8 Å². The lowest BCUT2D eigenvalue weighted by Gasteiger charge is -2.23. The molecule has 1 atom stereocenters. The van der Waals surface area contributed by atoms with Crippen LogP contribution in [0.1, 0.15) is 19.4 Å². The highest BCUT2D eigenvalue weighted by atomic mass is 35.5. The van der Waals surface area contributed by atoms with E-state index in [1.807, 2.05) is 0 Å². The van der Waals surface area contributed by atoms with Crippen LogP contribution in [0, 0.1) is 17.2 Å². The molecule has 0 bridgehead atoms. The number of hydrogen-bond acceptors (Lipinski definition) is 3. The third-order valence-corrected chi connectivity index (χ3v) is 2.92. The fourth-order valence-electron chi connectivity index (χ4n) is 1.49. The quantitative estimate of drug-likeness (QED) is 0.875. The molecule has 0 heterocycles. The van der Waals surface area contributed by atoms with Crippen molar-refractivity contribution < 1.29 is 4.74 Å². The van der Waals surface area contributed by atoms with Crippen molar-refractivity contribution in [2.75, 3.05) is 19.0 Å². The number of anilines is 1. The van der Waals surface area contributed by atoms with Crippen LogP contribution in [0.2, 0.25) is 5.02 Å². The second kappa shape index (κ2) is 6.48. The maximum absolute atomic E-state index is 8.85. The lowest BCUT2D eigenvalue weighted by molar-refractivity contribution is 0.171. The molecule has 0 saturated carbocycles. The van der Waals surface area contributed by atoms with Gasteiger partial charge in [-0.2, -0.15) is 5.26 Å². The Morgan fingerprint density at radius 2 is 2.18 bits per heavy atom. The summed E-state index contributed by atoms with van der Waals surface area (Å²) in [5.74, 6) is 0.414. The Balaban J connectivity index is 2.88. The van der Waals surface area contributed by atoms with Crippen molar-refractivity contribution in [3.05, 3.63) is 28.8 Å². The number of benzene rings is 1. The van der Waals surface area contributed by atoms with E-state index in [0.717, 1.165) is 5.69 Å². The van der Waals surface area contributed by atoms with Crippen LogP contribution in [0.25, 0.3) is 0 Å². The summed E-state index contributed by atoms with van der Waals surface area (Å²) in [6.45, 7) is 4.82. The first kappa shape index (κ1) is 13.8. The molecule has 0 aliphatic rings. The van der Waals surface area contributed by atoms with Gasteiger partial charge < -0.3 is 10.1 Å². The number of halogens is 1. The van der Waals surface area contributed by atoms with E-state index in [9.17, 15) is 0 Å². The van der Waals surface area contributed by atoms with Gasteiger partial charge in [0.25, 0.3) is 0 Å². The van der Waals surface area contributed by atoms with Crippen LogP contribution in [0.3, 0.4) is 0 Å². The molecule has 0 radical (unpaired) electrons. The van der Waals surface area contributed by atoms with Gasteiger partial charge in [0.2, 0.25) is 0 Å². The maximum atomic E-state index is 8.85. The van der Waals surface area contributed by atoms with Gasteiger partial charge in [-0.1, -0.05) is 25.4 Å². The molecule has 0 amide bonds. The van der Waals surface area contributed by atoms with Crippen LogP contribution < -0.4 is 5.32 Å².